The van der Waals surface area contributed by atoms with E-state index in [2.05, 4.69) is 82.2 Å². The number of nitrogens with one attached hydrogen (secondary N) is 1. The molecule has 23 heavy (non-hydrogen) atoms. The fourth-order valence-corrected chi connectivity index (χ4v) is 17.3. The molecule has 0 aliphatic heterocycles. The largest absolute Gasteiger partial charge is 0.357 e. The van der Waals surface area contributed by atoms with Gasteiger partial charge in [-0.2, -0.15) is 0 Å². The van der Waals surface area contributed by atoms with E-state index in [0.29, 0.717) is 0 Å². The monoisotopic (exact) mass is 359 g/mol. The molecule has 0 aromatic heterocycles. The first-order valence-corrected chi connectivity index (χ1v) is 16.1. The van der Waals surface area contributed by atoms with Crippen LogP contribution in [0.25, 0.3) is 0 Å². The second kappa shape index (κ2) is 10.3. The summed E-state index contributed by atoms with van der Waals surface area (Å²) in [4.78, 5) is 5.37. The third-order valence-electron chi connectivity index (χ3n) is 5.59. The van der Waals surface area contributed by atoms with Crippen LogP contribution in [0.4, 0.5) is 0 Å². The Morgan fingerprint density at radius 2 is 0.870 bits per heavy atom. The van der Waals surface area contributed by atoms with Crippen molar-refractivity contribution in [3.8, 4) is 0 Å². The van der Waals surface area contributed by atoms with E-state index in [4.69, 9.17) is 0 Å². The minimum absolute atomic E-state index is 0.735. The lowest BCUT2D eigenvalue weighted by Crippen LogP contribution is -2.73. The predicted molar refractivity (Wildman–Crippen MR) is 112 cm³/mol. The molecule has 2 unspecified atom stereocenters. The molecule has 0 aromatic rings. The minimum atomic E-state index is -1.51. The van der Waals surface area contributed by atoms with Crippen LogP contribution in [0.3, 0.4) is 0 Å². The van der Waals surface area contributed by atoms with Crippen LogP contribution in [0.5, 0.6) is 0 Å². The van der Waals surface area contributed by atoms with Crippen LogP contribution in [0.1, 0.15) is 54.4 Å². The molecule has 140 valence electrons. The first-order valence-electron chi connectivity index (χ1n) is 9.92. The van der Waals surface area contributed by atoms with E-state index in [1.54, 1.807) is 0 Å². The second-order valence-corrected chi connectivity index (χ2v) is 17.1. The summed E-state index contributed by atoms with van der Waals surface area (Å²) in [6.45, 7) is 28.9. The fourth-order valence-electron chi connectivity index (χ4n) is 4.78. The summed E-state index contributed by atoms with van der Waals surface area (Å²) in [5.41, 5.74) is 1.47. The number of nitrogens with zero attached hydrogens (tertiary/aromatic N) is 2. The Balaban J connectivity index is 5.36. The minimum Gasteiger partial charge on any atom is -0.357 e. The van der Waals surface area contributed by atoms with Crippen LogP contribution in [-0.4, -0.2) is 63.8 Å². The molecule has 0 fully saturated rings. The topological polar surface area (TPSA) is 18.5 Å². The van der Waals surface area contributed by atoms with E-state index in [0.717, 1.165) is 11.3 Å². The van der Waals surface area contributed by atoms with Gasteiger partial charge in [-0.3, -0.25) is 0 Å². The summed E-state index contributed by atoms with van der Waals surface area (Å²) in [6.07, 6.45) is 2.53. The molecule has 0 spiro atoms. The maximum atomic E-state index is 4.33. The van der Waals surface area contributed by atoms with Crippen molar-refractivity contribution in [2.45, 2.75) is 91.9 Å². The van der Waals surface area contributed by atoms with Crippen molar-refractivity contribution in [2.24, 2.45) is 0 Å². The first-order chi connectivity index (χ1) is 10.6. The van der Waals surface area contributed by atoms with Crippen LogP contribution in [0, 0.1) is 0 Å². The highest BCUT2D eigenvalue weighted by molar-refractivity contribution is 6.92. The third-order valence-corrected chi connectivity index (χ3v) is 15.6. The normalized spacial score (nSPS) is 16.2. The molecule has 0 bridgehead atoms. The lowest BCUT2D eigenvalue weighted by atomic mass is 10.4. The van der Waals surface area contributed by atoms with E-state index in [-0.39, 0.29) is 0 Å². The van der Waals surface area contributed by atoms with Gasteiger partial charge in [0, 0.05) is 11.3 Å². The van der Waals surface area contributed by atoms with Crippen LogP contribution in [0.2, 0.25) is 26.2 Å². The average Bonchev–Trinajstić information content (AvgIpc) is 2.47. The summed E-state index contributed by atoms with van der Waals surface area (Å²) in [5, 5.41) is 0. The van der Waals surface area contributed by atoms with Crippen molar-refractivity contribution in [3.63, 3.8) is 0 Å². The zero-order valence-electron chi connectivity index (χ0n) is 17.8. The zero-order chi connectivity index (χ0) is 18.3. The molecule has 0 aliphatic carbocycles. The summed E-state index contributed by atoms with van der Waals surface area (Å²) in [5.74, 6) is 0. The Bertz CT molecular complexity index is 283. The van der Waals surface area contributed by atoms with E-state index < -0.39 is 16.5 Å². The van der Waals surface area contributed by atoms with Gasteiger partial charge in [0.05, 0.1) is 0 Å². The molecule has 2 atom stereocenters. The summed E-state index contributed by atoms with van der Waals surface area (Å²) in [6, 6.07) is 0. The van der Waals surface area contributed by atoms with Gasteiger partial charge in [-0.15, -0.1) is 0 Å². The molecular formula is C18H45N3Si2. The first kappa shape index (κ1) is 23.3. The Morgan fingerprint density at radius 3 is 1.04 bits per heavy atom. The maximum absolute atomic E-state index is 4.33. The standard InChI is InChI=1S/C18H45N3Si2/c1-11-17(20(13-3)14-4)22(7,8)19-23(9,10)18(12-2)21(15-5)16-6/h17-19H,11-16H2,1-10H3. The van der Waals surface area contributed by atoms with Gasteiger partial charge in [0.1, 0.15) is 16.5 Å². The highest BCUT2D eigenvalue weighted by Gasteiger charge is 2.43. The van der Waals surface area contributed by atoms with Crippen molar-refractivity contribution in [3.05, 3.63) is 0 Å². The van der Waals surface area contributed by atoms with Gasteiger partial charge in [-0.05, 0) is 39.0 Å². The van der Waals surface area contributed by atoms with E-state index in [9.17, 15) is 0 Å². The molecule has 1 N–H and O–H groups in total. The highest BCUT2D eigenvalue weighted by atomic mass is 28.4. The van der Waals surface area contributed by atoms with Gasteiger partial charge in [0.15, 0.2) is 0 Å². The summed E-state index contributed by atoms with van der Waals surface area (Å²) in [7, 11) is -3.03. The molecule has 5 heteroatoms. The van der Waals surface area contributed by atoms with E-state index in [1.165, 1.54) is 39.0 Å². The lowest BCUT2D eigenvalue weighted by molar-refractivity contribution is 0.257. The van der Waals surface area contributed by atoms with Gasteiger partial charge < -0.3 is 14.4 Å². The van der Waals surface area contributed by atoms with E-state index in [1.807, 2.05) is 0 Å². The maximum Gasteiger partial charge on any atom is 0.130 e. The second-order valence-electron chi connectivity index (χ2n) is 7.86. The average molecular weight is 360 g/mol. The Kier molecular flexibility index (Phi) is 10.5. The molecule has 0 saturated carbocycles. The lowest BCUT2D eigenvalue weighted by Gasteiger charge is -2.48. The number of hydrogen-bond donors (Lipinski definition) is 1. The highest BCUT2D eigenvalue weighted by Crippen LogP contribution is 2.22. The molecular weight excluding hydrogens is 314 g/mol. The summed E-state index contributed by atoms with van der Waals surface area (Å²) < 4.78 is 4.33. The smallest absolute Gasteiger partial charge is 0.130 e. The van der Waals surface area contributed by atoms with Gasteiger partial charge >= 0.3 is 0 Å². The number of hydrogen-bond acceptors (Lipinski definition) is 3. The molecule has 3 nitrogen and oxygen atoms in total. The van der Waals surface area contributed by atoms with Crippen molar-refractivity contribution in [1.29, 1.82) is 0 Å². The fraction of sp³-hybridized carbons (Fsp3) is 1.00. The molecule has 0 radical (unpaired) electrons. The predicted octanol–water partition coefficient (Wildman–Crippen LogP) is 4.31. The molecule has 0 heterocycles. The van der Waals surface area contributed by atoms with Crippen molar-refractivity contribution in [2.75, 3.05) is 26.2 Å². The Hall–Kier alpha value is 0.314. The van der Waals surface area contributed by atoms with Crippen molar-refractivity contribution < 1.29 is 0 Å². The van der Waals surface area contributed by atoms with Crippen LogP contribution < -0.4 is 4.65 Å². The van der Waals surface area contributed by atoms with Crippen LogP contribution in [-0.2, 0) is 0 Å². The number of rotatable bonds is 12. The molecule has 0 aliphatic rings. The Labute approximate surface area is 149 Å². The molecule has 0 rings (SSSR count). The van der Waals surface area contributed by atoms with Crippen molar-refractivity contribution >= 4 is 16.5 Å². The van der Waals surface area contributed by atoms with Gasteiger partial charge in [-0.25, -0.2) is 0 Å². The third kappa shape index (κ3) is 6.27. The van der Waals surface area contributed by atoms with E-state index >= 15 is 0 Å². The summed E-state index contributed by atoms with van der Waals surface area (Å²) >= 11 is 0. The molecule has 0 aromatic carbocycles. The van der Waals surface area contributed by atoms with Crippen molar-refractivity contribution in [1.82, 2.24) is 14.4 Å². The Morgan fingerprint density at radius 1 is 0.609 bits per heavy atom. The molecule has 0 amide bonds. The molecule has 0 saturated heterocycles. The van der Waals surface area contributed by atoms with Crippen LogP contribution in [0.15, 0.2) is 0 Å². The SMILES string of the molecule is CCC(N(CC)CC)[Si](C)(C)N[Si](C)(C)C(CC)N(CC)CC. The van der Waals surface area contributed by atoms with Crippen LogP contribution >= 0.6 is 0 Å². The van der Waals surface area contributed by atoms with Gasteiger partial charge in [0.25, 0.3) is 0 Å². The zero-order valence-corrected chi connectivity index (χ0v) is 19.8. The van der Waals surface area contributed by atoms with Gasteiger partial charge in [0.2, 0.25) is 0 Å². The van der Waals surface area contributed by atoms with Gasteiger partial charge in [-0.1, -0.05) is 67.7 Å². The quantitative estimate of drug-likeness (QED) is 0.524.